The van der Waals surface area contributed by atoms with E-state index in [1.165, 1.54) is 0 Å². The van der Waals surface area contributed by atoms with Crippen molar-refractivity contribution in [3.63, 3.8) is 0 Å². The van der Waals surface area contributed by atoms with Crippen molar-refractivity contribution in [1.82, 2.24) is 5.32 Å². The van der Waals surface area contributed by atoms with Crippen LogP contribution in [0.1, 0.15) is 25.7 Å². The highest BCUT2D eigenvalue weighted by Crippen LogP contribution is 2.08. The Morgan fingerprint density at radius 2 is 2.58 bits per heavy atom. The summed E-state index contributed by atoms with van der Waals surface area (Å²) in [4.78, 5) is 11.1. The Morgan fingerprint density at radius 1 is 1.75 bits per heavy atom. The molecule has 0 bridgehead atoms. The highest BCUT2D eigenvalue weighted by Gasteiger charge is 2.18. The van der Waals surface area contributed by atoms with Gasteiger partial charge in [-0.25, -0.2) is 0 Å². The fraction of sp³-hybridized carbons (Fsp3) is 0.667. The molecule has 1 saturated heterocycles. The topological polar surface area (TPSA) is 38.3 Å². The first-order chi connectivity index (χ1) is 5.83. The molecule has 12 heavy (non-hydrogen) atoms. The molecule has 1 fully saturated rings. The molecule has 1 N–H and O–H groups in total. The van der Waals surface area contributed by atoms with Crippen LogP contribution in [0, 0.1) is 13.5 Å². The first-order valence-corrected chi connectivity index (χ1v) is 4.36. The lowest BCUT2D eigenvalue weighted by Crippen LogP contribution is -2.20. The molecule has 3 nitrogen and oxygen atoms in total. The number of ether oxygens (including phenoxy) is 1. The fourth-order valence-corrected chi connectivity index (χ4v) is 1.12. The van der Waals surface area contributed by atoms with Gasteiger partial charge in [-0.05, 0) is 6.42 Å². The summed E-state index contributed by atoms with van der Waals surface area (Å²) in [6.07, 6.45) is 3.01. The average Bonchev–Trinajstić information content (AvgIpc) is 2.53. The average molecular weight is 169 g/mol. The second kappa shape index (κ2) is 5.14. The second-order valence-corrected chi connectivity index (χ2v) is 2.92. The number of nitrogens with one attached hydrogen (secondary N) is 1. The maximum atomic E-state index is 11.1. The predicted octanol–water partition coefficient (Wildman–Crippen LogP) is 1.06. The number of carbonyl (C=O) groups excluding carboxylic acids is 1. The molecule has 0 saturated carbocycles. The van der Waals surface area contributed by atoms with Crippen LogP contribution in [0.25, 0.3) is 0 Å². The van der Waals surface area contributed by atoms with Crippen LogP contribution in [-0.4, -0.2) is 18.6 Å². The monoisotopic (exact) mass is 169 g/mol. The van der Waals surface area contributed by atoms with Crippen LogP contribution in [0.5, 0.6) is 0 Å². The zero-order valence-electron chi connectivity index (χ0n) is 7.21. The number of carbonyl (C=O) groups is 1. The summed E-state index contributed by atoms with van der Waals surface area (Å²) in [5.41, 5.74) is 0. The Morgan fingerprint density at radius 3 is 3.17 bits per heavy atom. The third kappa shape index (κ3) is 3.22. The Kier molecular flexibility index (Phi) is 4.08. The third-order valence-electron chi connectivity index (χ3n) is 1.80. The van der Waals surface area contributed by atoms with Gasteiger partial charge in [0.2, 0.25) is 0 Å². The van der Waals surface area contributed by atoms with Gasteiger partial charge in [0.15, 0.2) is 0 Å². The fourth-order valence-electron chi connectivity index (χ4n) is 1.12. The lowest BCUT2D eigenvalue weighted by Gasteiger charge is -2.09. The van der Waals surface area contributed by atoms with Gasteiger partial charge >= 0.3 is 5.97 Å². The first kappa shape index (κ1) is 9.52. The highest BCUT2D eigenvalue weighted by atomic mass is 16.5. The summed E-state index contributed by atoms with van der Waals surface area (Å²) >= 11 is 0. The molecule has 68 valence electrons. The largest absolute Gasteiger partial charge is 0.461 e. The van der Waals surface area contributed by atoms with E-state index in [9.17, 15) is 4.79 Å². The Bertz CT molecular complexity index is 141. The molecular formula is C9H15NO2. The molecule has 3 heteroatoms. The van der Waals surface area contributed by atoms with Crippen LogP contribution >= 0.6 is 0 Å². The quantitative estimate of drug-likeness (QED) is 0.639. The molecule has 1 aliphatic heterocycles. The van der Waals surface area contributed by atoms with Gasteiger partial charge in [-0.15, -0.1) is 0 Å². The maximum absolute atomic E-state index is 11.1. The lowest BCUT2D eigenvalue weighted by atomic mass is 10.2. The number of hydrogen-bond acceptors (Lipinski definition) is 3. The van der Waals surface area contributed by atoms with Gasteiger partial charge < -0.3 is 10.1 Å². The van der Waals surface area contributed by atoms with Crippen LogP contribution in [0.2, 0.25) is 0 Å². The van der Waals surface area contributed by atoms with Crippen LogP contribution < -0.4 is 5.32 Å². The van der Waals surface area contributed by atoms with Gasteiger partial charge in [-0.1, -0.05) is 13.3 Å². The molecule has 2 radical (unpaired) electrons. The van der Waals surface area contributed by atoms with Crippen LogP contribution in [0.4, 0.5) is 0 Å². The van der Waals surface area contributed by atoms with Crippen LogP contribution in [0.15, 0.2) is 0 Å². The normalized spacial score (nSPS) is 22.6. The summed E-state index contributed by atoms with van der Waals surface area (Å²) in [5.74, 6) is -0.0965. The summed E-state index contributed by atoms with van der Waals surface area (Å²) in [7, 11) is 0. The van der Waals surface area contributed by atoms with Gasteiger partial charge in [0.25, 0.3) is 0 Å². The van der Waals surface area contributed by atoms with E-state index in [1.54, 1.807) is 0 Å². The second-order valence-electron chi connectivity index (χ2n) is 2.92. The zero-order chi connectivity index (χ0) is 8.81. The van der Waals surface area contributed by atoms with Crippen molar-refractivity contribution < 1.29 is 9.53 Å². The van der Waals surface area contributed by atoms with E-state index in [2.05, 4.69) is 12.2 Å². The minimum atomic E-state index is -0.0965. The van der Waals surface area contributed by atoms with Crippen molar-refractivity contribution >= 4 is 5.97 Å². The van der Waals surface area contributed by atoms with E-state index >= 15 is 0 Å². The summed E-state index contributed by atoms with van der Waals surface area (Å²) in [6.45, 7) is 6.35. The Balaban J connectivity index is 2.08. The molecule has 1 heterocycles. The van der Waals surface area contributed by atoms with Gasteiger partial charge in [0.05, 0.1) is 0 Å². The molecule has 0 spiro atoms. The maximum Gasteiger partial charge on any atom is 0.306 e. The molecule has 1 atom stereocenters. The smallest absolute Gasteiger partial charge is 0.306 e. The van der Waals surface area contributed by atoms with Crippen molar-refractivity contribution in [3.8, 4) is 0 Å². The van der Waals surface area contributed by atoms with E-state index < -0.39 is 0 Å². The Hall–Kier alpha value is -0.570. The number of unbranched alkanes of at least 4 members (excludes halogenated alkanes) is 1. The lowest BCUT2D eigenvalue weighted by molar-refractivity contribution is -0.148. The van der Waals surface area contributed by atoms with Gasteiger partial charge in [0, 0.05) is 25.9 Å². The molecule has 0 aromatic carbocycles. The molecule has 0 aliphatic carbocycles. The van der Waals surface area contributed by atoms with Crippen molar-refractivity contribution in [2.45, 2.75) is 31.8 Å². The van der Waals surface area contributed by atoms with Crippen molar-refractivity contribution in [2.75, 3.05) is 6.54 Å². The van der Waals surface area contributed by atoms with E-state index in [4.69, 9.17) is 4.74 Å². The molecular weight excluding hydrogens is 154 g/mol. The summed E-state index contributed by atoms with van der Waals surface area (Å²) in [6, 6.07) is 0. The minimum absolute atomic E-state index is 0.0577. The Labute approximate surface area is 73.5 Å². The van der Waals surface area contributed by atoms with E-state index in [0.29, 0.717) is 6.42 Å². The number of hydrogen-bond donors (Lipinski definition) is 1. The zero-order valence-corrected chi connectivity index (χ0v) is 7.21. The third-order valence-corrected chi connectivity index (χ3v) is 1.80. The van der Waals surface area contributed by atoms with Gasteiger partial charge in [-0.2, -0.15) is 0 Å². The van der Waals surface area contributed by atoms with Crippen molar-refractivity contribution in [1.29, 1.82) is 0 Å². The van der Waals surface area contributed by atoms with E-state index in [1.807, 2.05) is 6.54 Å². The van der Waals surface area contributed by atoms with Crippen LogP contribution in [0.3, 0.4) is 0 Å². The van der Waals surface area contributed by atoms with E-state index in [0.717, 1.165) is 25.8 Å². The molecule has 0 amide bonds. The standard InChI is InChI=1S/C9H15NO2/c1-2-3-4-9(11)12-8-5-6-10-7-8/h6,8,10H,1-5,7H2. The SMILES string of the molecule is [CH2]CCCC(=O)OC1C[CH]NC1. The van der Waals surface area contributed by atoms with Crippen LogP contribution in [-0.2, 0) is 9.53 Å². The minimum Gasteiger partial charge on any atom is -0.461 e. The molecule has 0 aromatic rings. The first-order valence-electron chi connectivity index (χ1n) is 4.36. The van der Waals surface area contributed by atoms with Crippen molar-refractivity contribution in [3.05, 3.63) is 13.5 Å². The summed E-state index contributed by atoms with van der Waals surface area (Å²) in [5, 5.41) is 3.02. The summed E-state index contributed by atoms with van der Waals surface area (Å²) < 4.78 is 5.15. The van der Waals surface area contributed by atoms with Crippen molar-refractivity contribution in [2.24, 2.45) is 0 Å². The molecule has 0 aromatic heterocycles. The van der Waals surface area contributed by atoms with Gasteiger partial charge in [0.1, 0.15) is 6.10 Å². The number of rotatable bonds is 4. The number of esters is 1. The molecule has 1 rings (SSSR count). The molecule has 1 unspecified atom stereocenters. The predicted molar refractivity (Wildman–Crippen MR) is 46.0 cm³/mol. The highest BCUT2D eigenvalue weighted by molar-refractivity contribution is 5.69. The van der Waals surface area contributed by atoms with E-state index in [-0.39, 0.29) is 12.1 Å². The molecule has 1 aliphatic rings. The van der Waals surface area contributed by atoms with Gasteiger partial charge in [-0.3, -0.25) is 4.79 Å².